The fourth-order valence-corrected chi connectivity index (χ4v) is 3.59. The van der Waals surface area contributed by atoms with E-state index in [0.29, 0.717) is 21.7 Å². The van der Waals surface area contributed by atoms with Gasteiger partial charge in [0.15, 0.2) is 0 Å². The van der Waals surface area contributed by atoms with Gasteiger partial charge in [0, 0.05) is 18.8 Å². The van der Waals surface area contributed by atoms with Crippen LogP contribution >= 0.6 is 35.0 Å². The first kappa shape index (κ1) is 16.0. The Morgan fingerprint density at radius 2 is 2.20 bits per heavy atom. The smallest absolute Gasteiger partial charge is 0.232 e. The molecular formula is C15H19Cl2NOS. The zero-order valence-electron chi connectivity index (χ0n) is 11.6. The maximum Gasteiger partial charge on any atom is 0.232 e. The summed E-state index contributed by atoms with van der Waals surface area (Å²) in [7, 11) is 0. The highest BCUT2D eigenvalue weighted by Crippen LogP contribution is 2.25. The van der Waals surface area contributed by atoms with Crippen LogP contribution in [-0.4, -0.2) is 29.6 Å². The number of carbonyl (C=O) groups is 1. The van der Waals surface area contributed by atoms with E-state index in [2.05, 4.69) is 6.92 Å². The SMILES string of the molecule is CC1CCCN(C(=O)CSCc2ccc(Cl)c(Cl)c2)C1. The van der Waals surface area contributed by atoms with Crippen molar-refractivity contribution in [3.63, 3.8) is 0 Å². The van der Waals surface area contributed by atoms with Crippen LogP contribution in [0.4, 0.5) is 0 Å². The zero-order valence-corrected chi connectivity index (χ0v) is 13.9. The Labute approximate surface area is 134 Å². The minimum Gasteiger partial charge on any atom is -0.342 e. The molecule has 1 aromatic rings. The Kier molecular flexibility index (Phi) is 6.06. The summed E-state index contributed by atoms with van der Waals surface area (Å²) in [5, 5.41) is 1.14. The van der Waals surface area contributed by atoms with E-state index in [4.69, 9.17) is 23.2 Å². The average molecular weight is 332 g/mol. The highest BCUT2D eigenvalue weighted by Gasteiger charge is 2.20. The van der Waals surface area contributed by atoms with E-state index in [-0.39, 0.29) is 5.91 Å². The van der Waals surface area contributed by atoms with Gasteiger partial charge in [0.1, 0.15) is 0 Å². The number of benzene rings is 1. The monoisotopic (exact) mass is 331 g/mol. The van der Waals surface area contributed by atoms with Crippen molar-refractivity contribution in [3.8, 4) is 0 Å². The van der Waals surface area contributed by atoms with Crippen LogP contribution < -0.4 is 0 Å². The van der Waals surface area contributed by atoms with Crippen molar-refractivity contribution in [2.75, 3.05) is 18.8 Å². The summed E-state index contributed by atoms with van der Waals surface area (Å²) < 4.78 is 0. The third-order valence-electron chi connectivity index (χ3n) is 3.49. The number of likely N-dealkylation sites (tertiary alicyclic amines) is 1. The molecule has 0 spiro atoms. The first-order valence-corrected chi connectivity index (χ1v) is 8.77. The molecule has 1 heterocycles. The molecule has 0 saturated carbocycles. The van der Waals surface area contributed by atoms with Gasteiger partial charge in [-0.2, -0.15) is 0 Å². The number of piperidine rings is 1. The maximum absolute atomic E-state index is 12.1. The Morgan fingerprint density at radius 3 is 2.90 bits per heavy atom. The van der Waals surface area contributed by atoms with Crippen LogP contribution in [0.1, 0.15) is 25.3 Å². The molecule has 1 aromatic carbocycles. The Balaban J connectivity index is 1.77. The van der Waals surface area contributed by atoms with Crippen molar-refractivity contribution < 1.29 is 4.79 Å². The van der Waals surface area contributed by atoms with Crippen LogP contribution in [0.3, 0.4) is 0 Å². The van der Waals surface area contributed by atoms with Gasteiger partial charge in [-0.3, -0.25) is 4.79 Å². The molecule has 0 N–H and O–H groups in total. The molecule has 1 aliphatic heterocycles. The van der Waals surface area contributed by atoms with Crippen molar-refractivity contribution >= 4 is 40.9 Å². The number of thioether (sulfide) groups is 1. The van der Waals surface area contributed by atoms with Crippen molar-refractivity contribution in [3.05, 3.63) is 33.8 Å². The van der Waals surface area contributed by atoms with Crippen molar-refractivity contribution in [2.24, 2.45) is 5.92 Å². The van der Waals surface area contributed by atoms with E-state index in [1.54, 1.807) is 17.8 Å². The average Bonchev–Trinajstić information content (AvgIpc) is 2.42. The second kappa shape index (κ2) is 7.58. The summed E-state index contributed by atoms with van der Waals surface area (Å²) in [5.74, 6) is 2.20. The summed E-state index contributed by atoms with van der Waals surface area (Å²) in [4.78, 5) is 14.1. The molecule has 1 saturated heterocycles. The fourth-order valence-electron chi connectivity index (χ4n) is 2.39. The first-order chi connectivity index (χ1) is 9.56. The third-order valence-corrected chi connectivity index (χ3v) is 5.22. The number of amides is 1. The van der Waals surface area contributed by atoms with Crippen molar-refractivity contribution in [2.45, 2.75) is 25.5 Å². The highest BCUT2D eigenvalue weighted by atomic mass is 35.5. The second-order valence-corrected chi connectivity index (χ2v) is 7.13. The molecule has 0 aromatic heterocycles. The molecule has 5 heteroatoms. The molecule has 1 amide bonds. The largest absolute Gasteiger partial charge is 0.342 e. The van der Waals surface area contributed by atoms with Crippen LogP contribution in [-0.2, 0) is 10.5 Å². The highest BCUT2D eigenvalue weighted by molar-refractivity contribution is 7.99. The van der Waals surface area contributed by atoms with Crippen LogP contribution in [0.25, 0.3) is 0 Å². The van der Waals surface area contributed by atoms with E-state index in [9.17, 15) is 4.79 Å². The zero-order chi connectivity index (χ0) is 14.5. The lowest BCUT2D eigenvalue weighted by Gasteiger charge is -2.30. The summed E-state index contributed by atoms with van der Waals surface area (Å²) in [6.45, 7) is 4.03. The van der Waals surface area contributed by atoms with Crippen LogP contribution in [0.2, 0.25) is 10.0 Å². The number of nitrogens with zero attached hydrogens (tertiary/aromatic N) is 1. The number of hydrogen-bond donors (Lipinski definition) is 0. The summed E-state index contributed by atoms with van der Waals surface area (Å²) in [6, 6.07) is 5.62. The Morgan fingerprint density at radius 1 is 1.40 bits per heavy atom. The van der Waals surface area contributed by atoms with E-state index in [0.717, 1.165) is 30.8 Å². The van der Waals surface area contributed by atoms with Gasteiger partial charge < -0.3 is 4.90 Å². The fraction of sp³-hybridized carbons (Fsp3) is 0.533. The quantitative estimate of drug-likeness (QED) is 0.810. The lowest BCUT2D eigenvalue weighted by Crippen LogP contribution is -2.40. The molecule has 0 aliphatic carbocycles. The lowest BCUT2D eigenvalue weighted by molar-refractivity contribution is -0.130. The van der Waals surface area contributed by atoms with Crippen LogP contribution in [0.5, 0.6) is 0 Å². The van der Waals surface area contributed by atoms with Gasteiger partial charge in [-0.15, -0.1) is 11.8 Å². The number of carbonyl (C=O) groups excluding carboxylic acids is 1. The standard InChI is InChI=1S/C15H19Cl2NOS/c1-11-3-2-6-18(8-11)15(19)10-20-9-12-4-5-13(16)14(17)7-12/h4-5,7,11H,2-3,6,8-10H2,1H3. The summed E-state index contributed by atoms with van der Waals surface area (Å²) >= 11 is 13.5. The molecule has 20 heavy (non-hydrogen) atoms. The Hall–Kier alpha value is -0.380. The summed E-state index contributed by atoms with van der Waals surface area (Å²) in [5.41, 5.74) is 1.10. The molecule has 1 unspecified atom stereocenters. The van der Waals surface area contributed by atoms with Gasteiger partial charge in [0.2, 0.25) is 5.91 Å². The predicted molar refractivity (Wildman–Crippen MR) is 87.6 cm³/mol. The number of rotatable bonds is 4. The predicted octanol–water partition coefficient (Wildman–Crippen LogP) is 4.49. The van der Waals surface area contributed by atoms with Crippen LogP contribution in [0.15, 0.2) is 18.2 Å². The first-order valence-electron chi connectivity index (χ1n) is 6.85. The minimum absolute atomic E-state index is 0.251. The van der Waals surface area contributed by atoms with Gasteiger partial charge in [-0.1, -0.05) is 36.2 Å². The van der Waals surface area contributed by atoms with E-state index in [1.165, 1.54) is 6.42 Å². The maximum atomic E-state index is 12.1. The van der Waals surface area contributed by atoms with Crippen molar-refractivity contribution in [1.82, 2.24) is 4.90 Å². The van der Waals surface area contributed by atoms with E-state index >= 15 is 0 Å². The minimum atomic E-state index is 0.251. The lowest BCUT2D eigenvalue weighted by atomic mass is 10.0. The molecule has 0 radical (unpaired) electrons. The molecule has 2 nitrogen and oxygen atoms in total. The van der Waals surface area contributed by atoms with Gasteiger partial charge in [-0.25, -0.2) is 0 Å². The van der Waals surface area contributed by atoms with Gasteiger partial charge >= 0.3 is 0 Å². The van der Waals surface area contributed by atoms with Gasteiger partial charge in [0.05, 0.1) is 15.8 Å². The molecule has 1 aliphatic rings. The van der Waals surface area contributed by atoms with Crippen LogP contribution in [0, 0.1) is 5.92 Å². The molecule has 1 atom stereocenters. The summed E-state index contributed by atoms with van der Waals surface area (Å²) in [6.07, 6.45) is 2.37. The number of halogens is 2. The van der Waals surface area contributed by atoms with E-state index in [1.807, 2.05) is 17.0 Å². The normalized spacial score (nSPS) is 19.1. The molecule has 1 fully saturated rings. The molecule has 110 valence electrons. The molecular weight excluding hydrogens is 313 g/mol. The van der Waals surface area contributed by atoms with Gasteiger partial charge in [-0.05, 0) is 36.5 Å². The van der Waals surface area contributed by atoms with Gasteiger partial charge in [0.25, 0.3) is 0 Å². The third kappa shape index (κ3) is 4.57. The topological polar surface area (TPSA) is 20.3 Å². The molecule has 0 bridgehead atoms. The second-order valence-electron chi connectivity index (χ2n) is 5.33. The van der Waals surface area contributed by atoms with E-state index < -0.39 is 0 Å². The molecule has 2 rings (SSSR count). The van der Waals surface area contributed by atoms with Crippen molar-refractivity contribution in [1.29, 1.82) is 0 Å². The Bertz CT molecular complexity index is 481. The number of hydrogen-bond acceptors (Lipinski definition) is 2.